The standard InChI is InChI=1S/C22H22N2O4/c1-25-16-6-7-18-15(10-16)8-9-24-14-23-22(11-19(18)24)27-13-17-12-26-20-4-2-3-5-21(20)28-17/h2-7,10-11,17H,8-9,12-14H2,1H3. The van der Waals surface area contributed by atoms with Crippen molar-refractivity contribution < 1.29 is 18.9 Å². The highest BCUT2D eigenvalue weighted by Crippen LogP contribution is 2.33. The molecule has 3 aliphatic heterocycles. The van der Waals surface area contributed by atoms with Gasteiger partial charge in [-0.3, -0.25) is 0 Å². The first kappa shape index (κ1) is 17.0. The van der Waals surface area contributed by atoms with Gasteiger partial charge in [-0.15, -0.1) is 0 Å². The van der Waals surface area contributed by atoms with Crippen LogP contribution in [-0.4, -0.2) is 50.4 Å². The number of ether oxygens (including phenoxy) is 4. The maximum absolute atomic E-state index is 5.96. The Morgan fingerprint density at radius 2 is 2.07 bits per heavy atom. The summed E-state index contributed by atoms with van der Waals surface area (Å²) in [5.41, 5.74) is 3.66. The second-order valence-corrected chi connectivity index (χ2v) is 7.01. The number of hydrogen-bond acceptors (Lipinski definition) is 6. The summed E-state index contributed by atoms with van der Waals surface area (Å²) in [4.78, 5) is 6.85. The number of methoxy groups -OCH3 is 1. The van der Waals surface area contributed by atoms with Gasteiger partial charge in [-0.2, -0.15) is 0 Å². The Morgan fingerprint density at radius 3 is 2.96 bits per heavy atom. The average Bonchev–Trinajstić information content (AvgIpc) is 2.76. The van der Waals surface area contributed by atoms with Gasteiger partial charge >= 0.3 is 0 Å². The minimum Gasteiger partial charge on any atom is -0.497 e. The predicted octanol–water partition coefficient (Wildman–Crippen LogP) is 3.12. The van der Waals surface area contributed by atoms with Crippen molar-refractivity contribution in [3.05, 3.63) is 59.7 Å². The van der Waals surface area contributed by atoms with Crippen LogP contribution in [0.15, 0.2) is 53.5 Å². The van der Waals surface area contributed by atoms with E-state index in [9.17, 15) is 0 Å². The van der Waals surface area contributed by atoms with Crippen LogP contribution in [0.25, 0.3) is 5.70 Å². The second-order valence-electron chi connectivity index (χ2n) is 7.01. The zero-order valence-corrected chi connectivity index (χ0v) is 15.8. The molecule has 3 aliphatic rings. The van der Waals surface area contributed by atoms with E-state index in [4.69, 9.17) is 18.9 Å². The molecule has 0 saturated carbocycles. The normalized spacial score (nSPS) is 19.8. The Labute approximate surface area is 164 Å². The molecule has 1 atom stereocenters. The van der Waals surface area contributed by atoms with Crippen molar-refractivity contribution in [2.24, 2.45) is 4.99 Å². The van der Waals surface area contributed by atoms with Crippen LogP contribution in [0.2, 0.25) is 0 Å². The molecule has 2 aromatic carbocycles. The monoisotopic (exact) mass is 378 g/mol. The van der Waals surface area contributed by atoms with Gasteiger partial charge in [0.1, 0.15) is 25.6 Å². The molecule has 0 amide bonds. The number of rotatable bonds is 3. The highest BCUT2D eigenvalue weighted by atomic mass is 16.6. The minimum atomic E-state index is -0.156. The molecule has 0 fully saturated rings. The van der Waals surface area contributed by atoms with Crippen molar-refractivity contribution in [1.29, 1.82) is 0 Å². The molecule has 0 radical (unpaired) electrons. The molecule has 0 aliphatic carbocycles. The summed E-state index contributed by atoms with van der Waals surface area (Å²) in [5.74, 6) is 3.06. The molecular formula is C22H22N2O4. The summed E-state index contributed by atoms with van der Waals surface area (Å²) in [6, 6.07) is 13.9. The van der Waals surface area contributed by atoms with Gasteiger partial charge in [0, 0.05) is 18.2 Å². The largest absolute Gasteiger partial charge is 0.497 e. The van der Waals surface area contributed by atoms with E-state index in [1.807, 2.05) is 36.4 Å². The van der Waals surface area contributed by atoms with E-state index in [-0.39, 0.29) is 6.10 Å². The highest BCUT2D eigenvalue weighted by molar-refractivity contribution is 5.96. The molecule has 6 heteroatoms. The Bertz CT molecular complexity index is 953. The Morgan fingerprint density at radius 1 is 1.18 bits per heavy atom. The van der Waals surface area contributed by atoms with Crippen molar-refractivity contribution >= 4 is 11.6 Å². The average molecular weight is 378 g/mol. The van der Waals surface area contributed by atoms with Gasteiger partial charge in [0.05, 0.1) is 12.8 Å². The number of aliphatic imine (C=N–C) groups is 1. The lowest BCUT2D eigenvalue weighted by atomic mass is 9.95. The Hall–Kier alpha value is -3.15. The SMILES string of the molecule is COc1ccc2c(c1)CCN1CN=C(OCC3COc4ccccc4O3)C=C21. The number of para-hydroxylation sites is 2. The first-order chi connectivity index (χ1) is 13.8. The lowest BCUT2D eigenvalue weighted by Crippen LogP contribution is -2.36. The number of benzene rings is 2. The molecule has 144 valence electrons. The van der Waals surface area contributed by atoms with Crippen LogP contribution in [-0.2, 0) is 11.2 Å². The molecule has 0 aromatic heterocycles. The van der Waals surface area contributed by atoms with Crippen LogP contribution >= 0.6 is 0 Å². The highest BCUT2D eigenvalue weighted by Gasteiger charge is 2.26. The molecular weight excluding hydrogens is 356 g/mol. The fraction of sp³-hybridized carbons (Fsp3) is 0.318. The Kier molecular flexibility index (Phi) is 4.31. The van der Waals surface area contributed by atoms with E-state index in [0.717, 1.165) is 35.9 Å². The summed E-state index contributed by atoms with van der Waals surface area (Å²) >= 11 is 0. The van der Waals surface area contributed by atoms with Gasteiger partial charge < -0.3 is 23.8 Å². The van der Waals surface area contributed by atoms with Crippen LogP contribution in [0.1, 0.15) is 11.1 Å². The van der Waals surface area contributed by atoms with E-state index in [1.165, 1.54) is 11.1 Å². The van der Waals surface area contributed by atoms with Gasteiger partial charge in [-0.05, 0) is 42.3 Å². The summed E-state index contributed by atoms with van der Waals surface area (Å²) in [7, 11) is 1.70. The molecule has 6 nitrogen and oxygen atoms in total. The van der Waals surface area contributed by atoms with Gasteiger partial charge in [0.15, 0.2) is 17.6 Å². The third kappa shape index (κ3) is 3.15. The molecule has 2 aromatic rings. The lowest BCUT2D eigenvalue weighted by molar-refractivity contribution is 0.0500. The minimum absolute atomic E-state index is 0.156. The first-order valence-corrected chi connectivity index (χ1v) is 9.50. The van der Waals surface area contributed by atoms with Gasteiger partial charge in [-0.25, -0.2) is 4.99 Å². The molecule has 0 saturated heterocycles. The number of fused-ring (bicyclic) bond motifs is 4. The van der Waals surface area contributed by atoms with Crippen LogP contribution in [0.4, 0.5) is 0 Å². The number of nitrogens with zero attached hydrogens (tertiary/aromatic N) is 2. The summed E-state index contributed by atoms with van der Waals surface area (Å²) < 4.78 is 23.0. The molecule has 28 heavy (non-hydrogen) atoms. The fourth-order valence-electron chi connectivity index (χ4n) is 3.74. The third-order valence-corrected chi connectivity index (χ3v) is 5.22. The van der Waals surface area contributed by atoms with Crippen LogP contribution in [0, 0.1) is 0 Å². The number of hydrogen-bond donors (Lipinski definition) is 0. The molecule has 0 spiro atoms. The molecule has 3 heterocycles. The first-order valence-electron chi connectivity index (χ1n) is 9.50. The van der Waals surface area contributed by atoms with E-state index in [1.54, 1.807) is 7.11 Å². The van der Waals surface area contributed by atoms with Gasteiger partial charge in [-0.1, -0.05) is 12.1 Å². The molecule has 5 rings (SSSR count). The lowest BCUT2D eigenvalue weighted by Gasteiger charge is -2.34. The summed E-state index contributed by atoms with van der Waals surface area (Å²) in [6.07, 6.45) is 2.85. The maximum Gasteiger partial charge on any atom is 0.212 e. The van der Waals surface area contributed by atoms with Crippen LogP contribution in [0.3, 0.4) is 0 Å². The van der Waals surface area contributed by atoms with Crippen LogP contribution in [0.5, 0.6) is 17.2 Å². The van der Waals surface area contributed by atoms with Crippen molar-refractivity contribution in [3.63, 3.8) is 0 Å². The van der Waals surface area contributed by atoms with Crippen LogP contribution < -0.4 is 14.2 Å². The smallest absolute Gasteiger partial charge is 0.212 e. The van der Waals surface area contributed by atoms with E-state index in [0.29, 0.717) is 25.8 Å². The molecule has 0 N–H and O–H groups in total. The quantitative estimate of drug-likeness (QED) is 0.821. The van der Waals surface area contributed by atoms with E-state index >= 15 is 0 Å². The van der Waals surface area contributed by atoms with Crippen molar-refractivity contribution in [2.45, 2.75) is 12.5 Å². The maximum atomic E-state index is 5.96. The van der Waals surface area contributed by atoms with E-state index < -0.39 is 0 Å². The fourth-order valence-corrected chi connectivity index (χ4v) is 3.74. The topological polar surface area (TPSA) is 52.5 Å². The van der Waals surface area contributed by atoms with Gasteiger partial charge in [0.25, 0.3) is 0 Å². The van der Waals surface area contributed by atoms with E-state index in [2.05, 4.69) is 22.0 Å². The van der Waals surface area contributed by atoms with Crippen molar-refractivity contribution in [3.8, 4) is 17.2 Å². The summed E-state index contributed by atoms with van der Waals surface area (Å²) in [6.45, 7) is 2.42. The van der Waals surface area contributed by atoms with Crippen molar-refractivity contribution in [2.75, 3.05) is 33.5 Å². The zero-order valence-electron chi connectivity index (χ0n) is 15.8. The molecule has 0 bridgehead atoms. The second kappa shape index (κ2) is 7.11. The third-order valence-electron chi connectivity index (χ3n) is 5.22. The van der Waals surface area contributed by atoms with Gasteiger partial charge in [0.2, 0.25) is 5.90 Å². The molecule has 1 unspecified atom stereocenters. The zero-order chi connectivity index (χ0) is 18.9. The predicted molar refractivity (Wildman–Crippen MR) is 106 cm³/mol. The summed E-state index contributed by atoms with van der Waals surface area (Å²) in [5, 5.41) is 0. The van der Waals surface area contributed by atoms with Crippen molar-refractivity contribution in [1.82, 2.24) is 4.90 Å². The Balaban J connectivity index is 1.29.